The number of nitrogens with one attached hydrogen (secondary N) is 1. The minimum atomic E-state index is -1.63. The number of aromatic nitrogens is 1. The Morgan fingerprint density at radius 1 is 1.19 bits per heavy atom. The smallest absolute Gasteiger partial charge is 0.342 e. The second kappa shape index (κ2) is 7.36. The van der Waals surface area contributed by atoms with E-state index >= 15 is 0 Å². The van der Waals surface area contributed by atoms with Crippen LogP contribution in [0.1, 0.15) is 27.6 Å². The van der Waals surface area contributed by atoms with Gasteiger partial charge in [0.1, 0.15) is 16.9 Å². The molecule has 0 aliphatic carbocycles. The van der Waals surface area contributed by atoms with E-state index in [0.717, 1.165) is 0 Å². The highest BCUT2D eigenvalue weighted by molar-refractivity contribution is 6.34. The molecule has 0 radical (unpaired) electrons. The SMILES string of the molecule is CCOc1cc(-c2c(C(=O)O)c(N)[nH]c(=O)c2C(=O)O)c(Cl)cc1OC. The summed E-state index contributed by atoms with van der Waals surface area (Å²) < 4.78 is 10.5. The molecule has 0 atom stereocenters. The predicted octanol–water partition coefficient (Wildman–Crippen LogP) is 2.08. The Hall–Kier alpha value is -3.20. The summed E-state index contributed by atoms with van der Waals surface area (Å²) in [6.45, 7) is 1.97. The largest absolute Gasteiger partial charge is 0.493 e. The lowest BCUT2D eigenvalue weighted by molar-refractivity contribution is 0.0695. The summed E-state index contributed by atoms with van der Waals surface area (Å²) in [4.78, 5) is 37.4. The number of anilines is 1. The molecule has 138 valence electrons. The number of methoxy groups -OCH3 is 1. The van der Waals surface area contributed by atoms with E-state index in [-0.39, 0.29) is 28.7 Å². The van der Waals surface area contributed by atoms with Crippen LogP contribution in [0.3, 0.4) is 0 Å². The number of pyridine rings is 1. The number of carboxylic acids is 2. The summed E-state index contributed by atoms with van der Waals surface area (Å²) in [5.41, 5.74) is 2.71. The molecule has 10 heteroatoms. The van der Waals surface area contributed by atoms with Gasteiger partial charge in [0.2, 0.25) is 0 Å². The lowest BCUT2D eigenvalue weighted by Crippen LogP contribution is -2.24. The first-order chi connectivity index (χ1) is 12.2. The summed E-state index contributed by atoms with van der Waals surface area (Å²) in [5.74, 6) is -3.20. The van der Waals surface area contributed by atoms with Crippen molar-refractivity contribution >= 4 is 29.4 Å². The van der Waals surface area contributed by atoms with Gasteiger partial charge in [-0.25, -0.2) is 9.59 Å². The molecule has 5 N–H and O–H groups in total. The van der Waals surface area contributed by atoms with Crippen LogP contribution in [0.25, 0.3) is 11.1 Å². The normalized spacial score (nSPS) is 10.4. The Kier molecular flexibility index (Phi) is 5.41. The summed E-state index contributed by atoms with van der Waals surface area (Å²) in [6.07, 6.45) is 0. The fourth-order valence-corrected chi connectivity index (χ4v) is 2.72. The Morgan fingerprint density at radius 3 is 2.31 bits per heavy atom. The first kappa shape index (κ1) is 19.1. The fraction of sp³-hybridized carbons (Fsp3) is 0.188. The van der Waals surface area contributed by atoms with Crippen LogP contribution in [0.5, 0.6) is 11.5 Å². The lowest BCUT2D eigenvalue weighted by atomic mass is 9.95. The van der Waals surface area contributed by atoms with Gasteiger partial charge in [0, 0.05) is 17.2 Å². The quantitative estimate of drug-likeness (QED) is 0.592. The highest BCUT2D eigenvalue weighted by Gasteiger charge is 2.28. The predicted molar refractivity (Wildman–Crippen MR) is 93.6 cm³/mol. The van der Waals surface area contributed by atoms with Crippen molar-refractivity contribution in [1.29, 1.82) is 0 Å². The number of hydrogen-bond acceptors (Lipinski definition) is 6. The number of carboxylic acid groups (broad SMARTS) is 2. The number of aromatic amines is 1. The van der Waals surface area contributed by atoms with E-state index in [1.807, 2.05) is 4.98 Å². The van der Waals surface area contributed by atoms with Crippen molar-refractivity contribution < 1.29 is 29.3 Å². The van der Waals surface area contributed by atoms with Crippen LogP contribution in [0.15, 0.2) is 16.9 Å². The molecule has 0 fully saturated rings. The number of benzene rings is 1. The number of rotatable bonds is 6. The Balaban J connectivity index is 3.00. The summed E-state index contributed by atoms with van der Waals surface area (Å²) in [7, 11) is 1.38. The Morgan fingerprint density at radius 2 is 1.81 bits per heavy atom. The number of halogens is 1. The zero-order chi connectivity index (χ0) is 19.6. The fourth-order valence-electron chi connectivity index (χ4n) is 2.47. The average molecular weight is 383 g/mol. The Labute approximate surface area is 151 Å². The van der Waals surface area contributed by atoms with Crippen molar-refractivity contribution in [1.82, 2.24) is 4.98 Å². The van der Waals surface area contributed by atoms with Gasteiger partial charge in [-0.1, -0.05) is 11.6 Å². The number of aromatic carboxylic acids is 2. The molecule has 9 nitrogen and oxygen atoms in total. The van der Waals surface area contributed by atoms with Gasteiger partial charge in [0.15, 0.2) is 11.5 Å². The molecule has 0 unspecified atom stereocenters. The Bertz CT molecular complexity index is 953. The van der Waals surface area contributed by atoms with Crippen molar-refractivity contribution in [3.8, 4) is 22.6 Å². The van der Waals surface area contributed by atoms with E-state index in [2.05, 4.69) is 0 Å². The molecule has 1 aromatic heterocycles. The highest BCUT2D eigenvalue weighted by atomic mass is 35.5. The van der Waals surface area contributed by atoms with Gasteiger partial charge in [-0.05, 0) is 13.0 Å². The minimum Gasteiger partial charge on any atom is -0.493 e. The highest BCUT2D eigenvalue weighted by Crippen LogP contribution is 2.41. The van der Waals surface area contributed by atoms with Crippen molar-refractivity contribution in [2.45, 2.75) is 6.92 Å². The van der Waals surface area contributed by atoms with Crippen LogP contribution in [-0.2, 0) is 0 Å². The number of ether oxygens (including phenoxy) is 2. The third-order valence-corrected chi connectivity index (χ3v) is 3.81. The molecular weight excluding hydrogens is 368 g/mol. The number of nitrogen functional groups attached to an aromatic ring is 1. The molecule has 26 heavy (non-hydrogen) atoms. The molecule has 1 heterocycles. The van der Waals surface area contributed by atoms with Crippen molar-refractivity contribution in [3.05, 3.63) is 38.6 Å². The zero-order valence-corrected chi connectivity index (χ0v) is 14.5. The molecule has 0 bridgehead atoms. The van der Waals surface area contributed by atoms with Crippen molar-refractivity contribution in [2.75, 3.05) is 19.5 Å². The van der Waals surface area contributed by atoms with Crippen molar-refractivity contribution in [2.24, 2.45) is 0 Å². The van der Waals surface area contributed by atoms with E-state index in [1.54, 1.807) is 6.92 Å². The van der Waals surface area contributed by atoms with Gasteiger partial charge in [0.05, 0.1) is 18.7 Å². The van der Waals surface area contributed by atoms with Gasteiger partial charge in [-0.15, -0.1) is 0 Å². The summed E-state index contributed by atoms with van der Waals surface area (Å²) in [5, 5.41) is 18.9. The maximum absolute atomic E-state index is 12.1. The van der Waals surface area contributed by atoms with Gasteiger partial charge < -0.3 is 30.4 Å². The molecule has 1 aromatic carbocycles. The van der Waals surface area contributed by atoms with Crippen LogP contribution >= 0.6 is 11.6 Å². The van der Waals surface area contributed by atoms with E-state index in [9.17, 15) is 24.6 Å². The first-order valence-electron chi connectivity index (χ1n) is 7.25. The maximum Gasteiger partial charge on any atom is 0.342 e. The molecule has 0 aliphatic rings. The molecule has 0 aliphatic heterocycles. The molecule has 0 amide bonds. The standard InChI is InChI=1S/C16H15ClN2O7/c1-3-26-9-4-6(7(17)5-8(9)25-2)10-11(15(21)22)13(18)19-14(20)12(10)16(23)24/h4-5H,3H2,1-2H3,(H,21,22)(H,23,24)(H3,18,19,20). The second-order valence-electron chi connectivity index (χ2n) is 5.02. The molecule has 0 saturated carbocycles. The van der Waals surface area contributed by atoms with E-state index < -0.39 is 40.0 Å². The minimum absolute atomic E-state index is 0.0384. The monoisotopic (exact) mass is 382 g/mol. The average Bonchev–Trinajstić information content (AvgIpc) is 2.54. The molecule has 2 aromatic rings. The van der Waals surface area contributed by atoms with Gasteiger partial charge >= 0.3 is 11.9 Å². The van der Waals surface area contributed by atoms with Gasteiger partial charge in [0.25, 0.3) is 5.56 Å². The zero-order valence-electron chi connectivity index (χ0n) is 13.8. The van der Waals surface area contributed by atoms with E-state index in [0.29, 0.717) is 0 Å². The number of nitrogens with two attached hydrogens (primary N) is 1. The van der Waals surface area contributed by atoms with Crippen LogP contribution in [0.4, 0.5) is 5.82 Å². The van der Waals surface area contributed by atoms with Crippen LogP contribution in [0.2, 0.25) is 5.02 Å². The van der Waals surface area contributed by atoms with E-state index in [1.165, 1.54) is 19.2 Å². The molecule has 2 rings (SSSR count). The van der Waals surface area contributed by atoms with Gasteiger partial charge in [-0.2, -0.15) is 0 Å². The van der Waals surface area contributed by atoms with Crippen LogP contribution in [0, 0.1) is 0 Å². The molecule has 0 spiro atoms. The third kappa shape index (κ3) is 3.29. The first-order valence-corrected chi connectivity index (χ1v) is 7.63. The van der Waals surface area contributed by atoms with E-state index in [4.69, 9.17) is 26.8 Å². The lowest BCUT2D eigenvalue weighted by Gasteiger charge is -2.16. The van der Waals surface area contributed by atoms with Crippen LogP contribution in [-0.4, -0.2) is 40.9 Å². The molecule has 0 saturated heterocycles. The number of H-pyrrole nitrogens is 1. The number of hydrogen-bond donors (Lipinski definition) is 4. The summed E-state index contributed by atoms with van der Waals surface area (Å²) in [6, 6.07) is 2.63. The molecular formula is C16H15ClN2O7. The number of carbonyl (C=O) groups is 2. The third-order valence-electron chi connectivity index (χ3n) is 3.49. The topological polar surface area (TPSA) is 152 Å². The second-order valence-corrected chi connectivity index (χ2v) is 5.43. The van der Waals surface area contributed by atoms with Crippen LogP contribution < -0.4 is 20.8 Å². The van der Waals surface area contributed by atoms with Crippen molar-refractivity contribution in [3.63, 3.8) is 0 Å². The van der Waals surface area contributed by atoms with Gasteiger partial charge in [-0.3, -0.25) is 4.79 Å². The maximum atomic E-state index is 12.1. The summed E-state index contributed by atoms with van der Waals surface area (Å²) >= 11 is 6.20.